The van der Waals surface area contributed by atoms with Gasteiger partial charge >= 0.3 is 12.0 Å². The maximum absolute atomic E-state index is 12.8. The number of carbonyl (C=O) groups is 3. The minimum atomic E-state index is -4.03. The predicted molar refractivity (Wildman–Crippen MR) is 84.4 cm³/mol. The first-order chi connectivity index (χ1) is 11.6. The van der Waals surface area contributed by atoms with E-state index in [0.29, 0.717) is 0 Å². The van der Waals surface area contributed by atoms with Crippen LogP contribution in [-0.2, 0) is 24.3 Å². The van der Waals surface area contributed by atoms with Gasteiger partial charge in [0.25, 0.3) is 5.91 Å². The number of urea groups is 1. The molecule has 0 radical (unpaired) electrons. The number of carbonyl (C=O) groups excluding carboxylic acids is 3. The molecule has 0 unspecified atom stereocenters. The number of rotatable bonds is 7. The highest BCUT2D eigenvalue weighted by Crippen LogP contribution is 2.09. The van der Waals surface area contributed by atoms with Gasteiger partial charge in [0.2, 0.25) is 10.0 Å². The molecule has 0 spiro atoms. The summed E-state index contributed by atoms with van der Waals surface area (Å²) in [6.45, 7) is 1.91. The summed E-state index contributed by atoms with van der Waals surface area (Å²) in [5.74, 6) is -2.50. The number of amides is 3. The molecule has 1 aromatic carbocycles. The van der Waals surface area contributed by atoms with Gasteiger partial charge in [-0.05, 0) is 38.1 Å². The van der Waals surface area contributed by atoms with Crippen LogP contribution in [0.1, 0.15) is 13.8 Å². The zero-order valence-corrected chi connectivity index (χ0v) is 14.4. The van der Waals surface area contributed by atoms with Gasteiger partial charge in [0.15, 0.2) is 6.61 Å². The number of sulfonamides is 1. The molecule has 11 heteroatoms. The summed E-state index contributed by atoms with van der Waals surface area (Å²) in [7, 11) is -4.03. The molecule has 25 heavy (non-hydrogen) atoms. The van der Waals surface area contributed by atoms with Crippen molar-refractivity contribution in [1.82, 2.24) is 15.4 Å². The van der Waals surface area contributed by atoms with Crippen molar-refractivity contribution in [3.05, 3.63) is 30.1 Å². The van der Waals surface area contributed by atoms with Crippen molar-refractivity contribution in [2.75, 3.05) is 13.2 Å². The molecule has 0 saturated heterocycles. The van der Waals surface area contributed by atoms with Gasteiger partial charge in [-0.25, -0.2) is 17.6 Å². The first-order valence-electron chi connectivity index (χ1n) is 7.11. The first-order valence-corrected chi connectivity index (χ1v) is 8.59. The number of imide groups is 1. The smallest absolute Gasteiger partial charge is 0.321 e. The Hall–Kier alpha value is -2.53. The van der Waals surface area contributed by atoms with Crippen molar-refractivity contribution in [3.63, 3.8) is 0 Å². The molecule has 0 aliphatic rings. The lowest BCUT2D eigenvalue weighted by molar-refractivity contribution is -0.147. The summed E-state index contributed by atoms with van der Waals surface area (Å²) in [6, 6.07) is 3.05. The summed E-state index contributed by atoms with van der Waals surface area (Å²) in [5, 5.41) is 4.33. The summed E-state index contributed by atoms with van der Waals surface area (Å²) < 4.78 is 43.0. The number of benzene rings is 1. The maximum atomic E-state index is 12.8. The second kappa shape index (κ2) is 9.08. The van der Waals surface area contributed by atoms with Crippen molar-refractivity contribution < 1.29 is 31.9 Å². The first kappa shape index (κ1) is 20.5. The van der Waals surface area contributed by atoms with Crippen LogP contribution in [0.2, 0.25) is 0 Å². The Labute approximate surface area is 144 Å². The quantitative estimate of drug-likeness (QED) is 0.570. The highest BCUT2D eigenvalue weighted by Gasteiger charge is 2.17. The van der Waals surface area contributed by atoms with Crippen molar-refractivity contribution >= 4 is 27.9 Å². The number of ether oxygens (including phenoxy) is 1. The molecule has 3 N–H and O–H groups in total. The molecule has 0 bridgehead atoms. The molecule has 0 fully saturated rings. The van der Waals surface area contributed by atoms with Crippen LogP contribution in [-0.4, -0.2) is 45.5 Å². The van der Waals surface area contributed by atoms with Gasteiger partial charge in [-0.15, -0.1) is 0 Å². The van der Waals surface area contributed by atoms with Gasteiger partial charge < -0.3 is 10.1 Å². The van der Waals surface area contributed by atoms with Gasteiger partial charge in [0.05, 0.1) is 4.90 Å². The lowest BCUT2D eigenvalue weighted by Crippen LogP contribution is -2.44. The van der Waals surface area contributed by atoms with E-state index in [0.717, 1.165) is 24.3 Å². The zero-order chi connectivity index (χ0) is 19.0. The normalized spacial score (nSPS) is 11.0. The van der Waals surface area contributed by atoms with E-state index in [1.165, 1.54) is 0 Å². The van der Waals surface area contributed by atoms with Gasteiger partial charge in [-0.1, -0.05) is 0 Å². The Morgan fingerprint density at radius 3 is 2.32 bits per heavy atom. The van der Waals surface area contributed by atoms with Crippen LogP contribution >= 0.6 is 0 Å². The Morgan fingerprint density at radius 1 is 1.16 bits per heavy atom. The van der Waals surface area contributed by atoms with E-state index in [4.69, 9.17) is 0 Å². The average molecular weight is 375 g/mol. The summed E-state index contributed by atoms with van der Waals surface area (Å²) >= 11 is 0. The number of hydrogen-bond acceptors (Lipinski definition) is 6. The van der Waals surface area contributed by atoms with Crippen molar-refractivity contribution in [1.29, 1.82) is 0 Å². The second-order valence-corrected chi connectivity index (χ2v) is 6.88. The second-order valence-electron chi connectivity index (χ2n) is 5.12. The standard InChI is InChI=1S/C14H18FN3O6S/c1-9(2)17-14(21)18-12(19)8-24-13(20)7-16-25(22,23)11-5-3-10(15)4-6-11/h3-6,9,16H,7-8H2,1-2H3,(H2,17,18,19,21). The van der Waals surface area contributed by atoms with E-state index in [9.17, 15) is 27.2 Å². The van der Waals surface area contributed by atoms with Crippen LogP contribution < -0.4 is 15.4 Å². The molecule has 9 nitrogen and oxygen atoms in total. The average Bonchev–Trinajstić information content (AvgIpc) is 2.50. The molecule has 0 saturated carbocycles. The lowest BCUT2D eigenvalue weighted by atomic mass is 10.4. The Morgan fingerprint density at radius 2 is 1.76 bits per heavy atom. The molecule has 0 aliphatic carbocycles. The Kier molecular flexibility index (Phi) is 7.45. The maximum Gasteiger partial charge on any atom is 0.321 e. The molecule has 0 aromatic heterocycles. The van der Waals surface area contributed by atoms with E-state index in [1.54, 1.807) is 13.8 Å². The molecule has 3 amide bonds. The number of halogens is 1. The predicted octanol–water partition coefficient (Wildman–Crippen LogP) is -0.119. The molecular weight excluding hydrogens is 357 g/mol. The summed E-state index contributed by atoms with van der Waals surface area (Å²) in [5.41, 5.74) is 0. The fourth-order valence-electron chi connectivity index (χ4n) is 1.51. The minimum Gasteiger partial charge on any atom is -0.455 e. The van der Waals surface area contributed by atoms with Crippen LogP contribution in [0.5, 0.6) is 0 Å². The van der Waals surface area contributed by atoms with E-state index in [2.05, 4.69) is 10.1 Å². The van der Waals surface area contributed by atoms with Crippen LogP contribution in [0.15, 0.2) is 29.2 Å². The van der Waals surface area contributed by atoms with Crippen LogP contribution in [0.3, 0.4) is 0 Å². The van der Waals surface area contributed by atoms with E-state index in [-0.39, 0.29) is 10.9 Å². The van der Waals surface area contributed by atoms with E-state index in [1.807, 2.05) is 10.0 Å². The monoisotopic (exact) mass is 375 g/mol. The van der Waals surface area contributed by atoms with Gasteiger partial charge in [-0.3, -0.25) is 14.9 Å². The molecular formula is C14H18FN3O6S. The van der Waals surface area contributed by atoms with E-state index < -0.39 is 46.9 Å². The Balaban J connectivity index is 2.40. The van der Waals surface area contributed by atoms with Crippen molar-refractivity contribution in [3.8, 4) is 0 Å². The third-order valence-corrected chi connectivity index (χ3v) is 3.98. The minimum absolute atomic E-state index is 0.184. The van der Waals surface area contributed by atoms with E-state index >= 15 is 0 Å². The SMILES string of the molecule is CC(C)NC(=O)NC(=O)COC(=O)CNS(=O)(=O)c1ccc(F)cc1. The van der Waals surface area contributed by atoms with Crippen LogP contribution in [0.4, 0.5) is 9.18 Å². The van der Waals surface area contributed by atoms with Crippen molar-refractivity contribution in [2.45, 2.75) is 24.8 Å². The summed E-state index contributed by atoms with van der Waals surface area (Å²) in [4.78, 5) is 33.8. The Bertz CT molecular complexity index is 733. The van der Waals surface area contributed by atoms with Gasteiger partial charge in [0.1, 0.15) is 12.4 Å². The van der Waals surface area contributed by atoms with Gasteiger partial charge in [-0.2, -0.15) is 4.72 Å². The fourth-order valence-corrected chi connectivity index (χ4v) is 2.48. The lowest BCUT2D eigenvalue weighted by Gasteiger charge is -2.10. The molecule has 1 rings (SSSR count). The molecule has 0 atom stereocenters. The molecule has 0 heterocycles. The molecule has 138 valence electrons. The fraction of sp³-hybridized carbons (Fsp3) is 0.357. The highest BCUT2D eigenvalue weighted by molar-refractivity contribution is 7.89. The molecule has 1 aromatic rings. The van der Waals surface area contributed by atoms with Crippen LogP contribution in [0.25, 0.3) is 0 Å². The zero-order valence-electron chi connectivity index (χ0n) is 13.5. The highest BCUT2D eigenvalue weighted by atomic mass is 32.2. The summed E-state index contributed by atoms with van der Waals surface area (Å²) in [6.07, 6.45) is 0. The van der Waals surface area contributed by atoms with Gasteiger partial charge in [0, 0.05) is 6.04 Å². The molecule has 0 aliphatic heterocycles. The third kappa shape index (κ3) is 7.72. The van der Waals surface area contributed by atoms with Crippen LogP contribution in [0, 0.1) is 5.82 Å². The number of esters is 1. The third-order valence-electron chi connectivity index (χ3n) is 2.57. The number of hydrogen-bond donors (Lipinski definition) is 3. The number of nitrogens with one attached hydrogen (secondary N) is 3. The topological polar surface area (TPSA) is 131 Å². The van der Waals surface area contributed by atoms with Crippen molar-refractivity contribution in [2.24, 2.45) is 0 Å². The largest absolute Gasteiger partial charge is 0.455 e.